The van der Waals surface area contributed by atoms with Gasteiger partial charge in [0.15, 0.2) is 0 Å². The average molecular weight is 468 g/mol. The first-order chi connectivity index (χ1) is 14.7. The van der Waals surface area contributed by atoms with E-state index in [2.05, 4.69) is 4.90 Å². The highest BCUT2D eigenvalue weighted by atomic mass is 35.5. The number of nitrogens with zero attached hydrogens (tertiary/aromatic N) is 3. The highest BCUT2D eigenvalue weighted by Gasteiger charge is 2.27. The van der Waals surface area contributed by atoms with Crippen molar-refractivity contribution < 1.29 is 14.7 Å². The third-order valence-electron chi connectivity index (χ3n) is 6.10. The molecular formula is C23H31Cl2N3O3. The molecule has 1 aromatic rings. The lowest BCUT2D eigenvalue weighted by molar-refractivity contribution is -0.130. The molecule has 2 aliphatic heterocycles. The molecule has 2 heterocycles. The van der Waals surface area contributed by atoms with Crippen molar-refractivity contribution in [2.24, 2.45) is 0 Å². The molecule has 8 heteroatoms. The van der Waals surface area contributed by atoms with Crippen LogP contribution in [0.25, 0.3) is 6.08 Å². The second-order valence-electron chi connectivity index (χ2n) is 8.66. The monoisotopic (exact) mass is 467 g/mol. The van der Waals surface area contributed by atoms with Crippen molar-refractivity contribution in [1.29, 1.82) is 0 Å². The van der Waals surface area contributed by atoms with Crippen molar-refractivity contribution >= 4 is 41.1 Å². The van der Waals surface area contributed by atoms with Gasteiger partial charge in [0, 0.05) is 51.8 Å². The van der Waals surface area contributed by atoms with E-state index < -0.39 is 5.60 Å². The minimum Gasteiger partial charge on any atom is -0.390 e. The first-order valence-electron chi connectivity index (χ1n) is 10.9. The van der Waals surface area contributed by atoms with Crippen LogP contribution in [0.2, 0.25) is 10.0 Å². The molecule has 0 aromatic heterocycles. The minimum atomic E-state index is -0.540. The summed E-state index contributed by atoms with van der Waals surface area (Å²) >= 11 is 11.9. The number of amides is 2. The number of carbonyl (C=O) groups is 2. The van der Waals surface area contributed by atoms with Crippen molar-refractivity contribution in [3.63, 3.8) is 0 Å². The van der Waals surface area contributed by atoms with Crippen molar-refractivity contribution in [3.8, 4) is 0 Å². The number of aliphatic hydroxyl groups is 1. The summed E-state index contributed by atoms with van der Waals surface area (Å²) in [6.45, 7) is 6.83. The number of rotatable bonds is 6. The molecule has 2 amide bonds. The lowest BCUT2D eigenvalue weighted by Gasteiger charge is -2.36. The maximum absolute atomic E-state index is 12.6. The van der Waals surface area contributed by atoms with Gasteiger partial charge in [-0.15, -0.1) is 0 Å². The molecule has 2 aliphatic rings. The normalized spacial score (nSPS) is 20.3. The Hall–Kier alpha value is -1.60. The molecule has 0 radical (unpaired) electrons. The van der Waals surface area contributed by atoms with Gasteiger partial charge in [-0.3, -0.25) is 9.59 Å². The van der Waals surface area contributed by atoms with Gasteiger partial charge in [-0.25, -0.2) is 0 Å². The van der Waals surface area contributed by atoms with E-state index in [4.69, 9.17) is 23.2 Å². The molecule has 1 aromatic carbocycles. The molecule has 0 aliphatic carbocycles. The Morgan fingerprint density at radius 2 is 1.84 bits per heavy atom. The number of benzene rings is 1. The maximum Gasteiger partial charge on any atom is 0.246 e. The maximum atomic E-state index is 12.6. The number of hydrogen-bond donors (Lipinski definition) is 1. The lowest BCUT2D eigenvalue weighted by Crippen LogP contribution is -2.43. The summed E-state index contributed by atoms with van der Waals surface area (Å²) in [5.74, 6) is -0.00793. The number of halogens is 2. The van der Waals surface area contributed by atoms with Gasteiger partial charge in [0.2, 0.25) is 11.8 Å². The van der Waals surface area contributed by atoms with Gasteiger partial charge in [-0.1, -0.05) is 29.3 Å². The van der Waals surface area contributed by atoms with E-state index in [1.165, 1.54) is 6.08 Å². The quantitative estimate of drug-likeness (QED) is 0.651. The van der Waals surface area contributed by atoms with Crippen LogP contribution in [0.5, 0.6) is 0 Å². The van der Waals surface area contributed by atoms with Crippen LogP contribution in [-0.2, 0) is 9.59 Å². The average Bonchev–Trinajstić information content (AvgIpc) is 2.92. The SMILES string of the molecule is CC1(O)CCN(CCCN2CCN(C(=O)/C=C/c3ccc(Cl)c(Cl)c3)CCC2=O)CC1. The Morgan fingerprint density at radius 1 is 1.10 bits per heavy atom. The summed E-state index contributed by atoms with van der Waals surface area (Å²) in [7, 11) is 0. The van der Waals surface area contributed by atoms with Crippen LogP contribution in [0.3, 0.4) is 0 Å². The molecule has 0 saturated carbocycles. The van der Waals surface area contributed by atoms with E-state index in [1.807, 2.05) is 11.8 Å². The topological polar surface area (TPSA) is 64.1 Å². The largest absolute Gasteiger partial charge is 0.390 e. The zero-order valence-corrected chi connectivity index (χ0v) is 19.5. The number of likely N-dealkylation sites (tertiary alicyclic amines) is 1. The van der Waals surface area contributed by atoms with Crippen molar-refractivity contribution in [3.05, 3.63) is 39.9 Å². The Bertz CT molecular complexity index is 818. The number of hydrogen-bond acceptors (Lipinski definition) is 4. The minimum absolute atomic E-state index is 0.102. The second kappa shape index (κ2) is 10.8. The van der Waals surface area contributed by atoms with Gasteiger partial charge in [-0.05, 0) is 56.5 Å². The summed E-state index contributed by atoms with van der Waals surface area (Å²) in [5, 5.41) is 11.0. The van der Waals surface area contributed by atoms with E-state index in [1.54, 1.807) is 29.2 Å². The van der Waals surface area contributed by atoms with Gasteiger partial charge in [0.1, 0.15) is 0 Å². The third-order valence-corrected chi connectivity index (χ3v) is 6.84. The van der Waals surface area contributed by atoms with Crippen LogP contribution in [0.15, 0.2) is 24.3 Å². The zero-order valence-electron chi connectivity index (χ0n) is 18.0. The molecule has 6 nitrogen and oxygen atoms in total. The first-order valence-corrected chi connectivity index (χ1v) is 11.6. The molecule has 0 bridgehead atoms. The van der Waals surface area contributed by atoms with Gasteiger partial charge >= 0.3 is 0 Å². The summed E-state index contributed by atoms with van der Waals surface area (Å²) in [6, 6.07) is 5.21. The van der Waals surface area contributed by atoms with Crippen LogP contribution in [0, 0.1) is 0 Å². The van der Waals surface area contributed by atoms with E-state index >= 15 is 0 Å². The van der Waals surface area contributed by atoms with Crippen LogP contribution >= 0.6 is 23.2 Å². The molecule has 2 saturated heterocycles. The van der Waals surface area contributed by atoms with Crippen LogP contribution < -0.4 is 0 Å². The van der Waals surface area contributed by atoms with Gasteiger partial charge in [0.05, 0.1) is 15.6 Å². The predicted molar refractivity (Wildman–Crippen MR) is 124 cm³/mol. The Labute approximate surface area is 194 Å². The molecule has 0 unspecified atom stereocenters. The Balaban J connectivity index is 1.44. The van der Waals surface area contributed by atoms with Crippen LogP contribution in [-0.4, -0.2) is 83.0 Å². The molecule has 170 valence electrons. The predicted octanol–water partition coefficient (Wildman–Crippen LogP) is 3.30. The summed E-state index contributed by atoms with van der Waals surface area (Å²) in [5.41, 5.74) is 0.260. The number of piperidine rings is 1. The second-order valence-corrected chi connectivity index (χ2v) is 9.47. The number of carbonyl (C=O) groups excluding carboxylic acids is 2. The molecular weight excluding hydrogens is 437 g/mol. The zero-order chi connectivity index (χ0) is 22.4. The molecule has 31 heavy (non-hydrogen) atoms. The van der Waals surface area contributed by atoms with Crippen molar-refractivity contribution in [1.82, 2.24) is 14.7 Å². The van der Waals surface area contributed by atoms with Crippen molar-refractivity contribution in [2.75, 3.05) is 45.8 Å². The fourth-order valence-corrected chi connectivity index (χ4v) is 4.26. The van der Waals surface area contributed by atoms with E-state index in [0.717, 1.165) is 44.5 Å². The van der Waals surface area contributed by atoms with E-state index in [9.17, 15) is 14.7 Å². The molecule has 3 rings (SSSR count). The summed E-state index contributed by atoms with van der Waals surface area (Å²) in [4.78, 5) is 31.0. The fourth-order valence-electron chi connectivity index (χ4n) is 3.96. The molecule has 2 fully saturated rings. The fraction of sp³-hybridized carbons (Fsp3) is 0.565. The van der Waals surface area contributed by atoms with E-state index in [0.29, 0.717) is 42.6 Å². The molecule has 1 N–H and O–H groups in total. The van der Waals surface area contributed by atoms with E-state index in [-0.39, 0.29) is 11.8 Å². The summed E-state index contributed by atoms with van der Waals surface area (Å²) in [6.07, 6.45) is 6.07. The highest BCUT2D eigenvalue weighted by molar-refractivity contribution is 6.42. The Morgan fingerprint density at radius 3 is 2.55 bits per heavy atom. The standard InChI is InChI=1S/C23H31Cl2N3O3/c1-23(31)8-13-26(14-9-23)10-2-11-27-15-16-28(12-7-22(27)30)21(29)6-4-18-3-5-19(24)20(25)17-18/h3-6,17,31H,2,7-16H2,1H3/b6-4+. The summed E-state index contributed by atoms with van der Waals surface area (Å²) < 4.78 is 0. The van der Waals surface area contributed by atoms with Crippen LogP contribution in [0.4, 0.5) is 0 Å². The van der Waals surface area contributed by atoms with Gasteiger partial charge in [-0.2, -0.15) is 0 Å². The smallest absolute Gasteiger partial charge is 0.246 e. The Kier molecular flexibility index (Phi) is 8.39. The third kappa shape index (κ3) is 7.21. The molecule has 0 atom stereocenters. The van der Waals surface area contributed by atoms with Gasteiger partial charge in [0.25, 0.3) is 0 Å². The van der Waals surface area contributed by atoms with Gasteiger partial charge < -0.3 is 19.8 Å². The highest BCUT2D eigenvalue weighted by Crippen LogP contribution is 2.23. The lowest BCUT2D eigenvalue weighted by atomic mass is 9.94. The molecule has 0 spiro atoms. The van der Waals surface area contributed by atoms with Crippen LogP contribution in [0.1, 0.15) is 38.2 Å². The first kappa shape index (κ1) is 24.1. The van der Waals surface area contributed by atoms with Crippen molar-refractivity contribution in [2.45, 2.75) is 38.2 Å².